The summed E-state index contributed by atoms with van der Waals surface area (Å²) >= 11 is 1.38. The highest BCUT2D eigenvalue weighted by Crippen LogP contribution is 2.21. The third kappa shape index (κ3) is 5.61. The Morgan fingerprint density at radius 3 is 2.70 bits per heavy atom. The number of nitrogens with one attached hydrogen (secondary N) is 2. The molecule has 0 spiro atoms. The standard InChI is InChI=1S/C20H18N4O5S/c1-13(21-18(25)14-6-5-9-17(10-14)24(27)28)19(26)29-11-16-12-30-20(23-16)22-15-7-3-2-4-8-15/h2-10,12-13H,11H2,1H3,(H,21,25)(H,22,23)/t13-/m0/s1. The van der Waals surface area contributed by atoms with Crippen LogP contribution in [0.4, 0.5) is 16.5 Å². The summed E-state index contributed by atoms with van der Waals surface area (Å²) in [7, 11) is 0. The van der Waals surface area contributed by atoms with Crippen LogP contribution in [-0.2, 0) is 16.1 Å². The van der Waals surface area contributed by atoms with Crippen LogP contribution in [0.2, 0.25) is 0 Å². The predicted molar refractivity (Wildman–Crippen MR) is 112 cm³/mol. The second-order valence-electron chi connectivity index (χ2n) is 6.25. The molecule has 154 valence electrons. The molecule has 0 unspecified atom stereocenters. The summed E-state index contributed by atoms with van der Waals surface area (Å²) in [4.78, 5) is 39.0. The van der Waals surface area contributed by atoms with E-state index in [9.17, 15) is 19.7 Å². The monoisotopic (exact) mass is 426 g/mol. The van der Waals surface area contributed by atoms with Crippen LogP contribution in [0.25, 0.3) is 0 Å². The Kier molecular flexibility index (Phi) is 6.71. The first-order chi connectivity index (χ1) is 14.4. The van der Waals surface area contributed by atoms with Crippen LogP contribution in [0.5, 0.6) is 0 Å². The quantitative estimate of drug-likeness (QED) is 0.320. The summed E-state index contributed by atoms with van der Waals surface area (Å²) in [6, 6.07) is 13.9. The van der Waals surface area contributed by atoms with Gasteiger partial charge in [-0.1, -0.05) is 24.3 Å². The van der Waals surface area contributed by atoms with Gasteiger partial charge in [0.2, 0.25) is 0 Å². The lowest BCUT2D eigenvalue weighted by atomic mass is 10.2. The maximum Gasteiger partial charge on any atom is 0.328 e. The Labute approximate surface area is 175 Å². The van der Waals surface area contributed by atoms with Crippen molar-refractivity contribution in [2.45, 2.75) is 19.6 Å². The number of nitro groups is 1. The molecule has 3 rings (SSSR count). The van der Waals surface area contributed by atoms with E-state index in [2.05, 4.69) is 15.6 Å². The van der Waals surface area contributed by atoms with Crippen molar-refractivity contribution in [3.63, 3.8) is 0 Å². The number of aromatic nitrogens is 1. The number of thiazole rings is 1. The van der Waals surface area contributed by atoms with Crippen LogP contribution in [0.15, 0.2) is 60.0 Å². The van der Waals surface area contributed by atoms with Crippen LogP contribution >= 0.6 is 11.3 Å². The number of carbonyl (C=O) groups excluding carboxylic acids is 2. The maximum absolute atomic E-state index is 12.2. The van der Waals surface area contributed by atoms with Crippen LogP contribution in [0, 0.1) is 10.1 Å². The third-order valence-corrected chi connectivity index (χ3v) is 4.77. The van der Waals surface area contributed by atoms with E-state index in [-0.39, 0.29) is 17.9 Å². The molecule has 0 radical (unpaired) electrons. The number of hydrogen-bond donors (Lipinski definition) is 2. The first-order valence-electron chi connectivity index (χ1n) is 8.91. The van der Waals surface area contributed by atoms with E-state index in [4.69, 9.17) is 4.74 Å². The van der Waals surface area contributed by atoms with Crippen molar-refractivity contribution in [3.05, 3.63) is 81.3 Å². The van der Waals surface area contributed by atoms with Gasteiger partial charge in [-0.3, -0.25) is 14.9 Å². The van der Waals surface area contributed by atoms with Gasteiger partial charge in [0.05, 0.1) is 10.6 Å². The van der Waals surface area contributed by atoms with Gasteiger partial charge in [0, 0.05) is 28.8 Å². The SMILES string of the molecule is C[C@H](NC(=O)c1cccc([N+](=O)[O-])c1)C(=O)OCc1csc(Nc2ccccc2)n1. The molecule has 1 heterocycles. The lowest BCUT2D eigenvalue weighted by molar-refractivity contribution is -0.384. The molecule has 2 aromatic carbocycles. The minimum absolute atomic E-state index is 0.0389. The minimum atomic E-state index is -0.933. The van der Waals surface area contributed by atoms with Crippen molar-refractivity contribution in [2.24, 2.45) is 0 Å². The fourth-order valence-electron chi connectivity index (χ4n) is 2.45. The van der Waals surface area contributed by atoms with Crippen molar-refractivity contribution in [1.82, 2.24) is 10.3 Å². The van der Waals surface area contributed by atoms with Crippen molar-refractivity contribution in [3.8, 4) is 0 Å². The molecule has 3 aromatic rings. The van der Waals surface area contributed by atoms with Crippen LogP contribution in [0.3, 0.4) is 0 Å². The number of ether oxygens (including phenoxy) is 1. The van der Waals surface area contributed by atoms with Gasteiger partial charge in [-0.05, 0) is 25.1 Å². The van der Waals surface area contributed by atoms with E-state index in [1.807, 2.05) is 30.3 Å². The number of non-ortho nitro benzene ring substituents is 1. The van der Waals surface area contributed by atoms with E-state index >= 15 is 0 Å². The van der Waals surface area contributed by atoms with Gasteiger partial charge >= 0.3 is 5.97 Å². The van der Waals surface area contributed by atoms with E-state index in [0.29, 0.717) is 10.8 Å². The zero-order valence-electron chi connectivity index (χ0n) is 15.9. The molecule has 0 saturated carbocycles. The number of rotatable bonds is 8. The molecule has 0 fully saturated rings. The summed E-state index contributed by atoms with van der Waals surface area (Å²) in [6.07, 6.45) is 0. The second-order valence-corrected chi connectivity index (χ2v) is 7.10. The number of amides is 1. The molecule has 0 saturated heterocycles. The third-order valence-electron chi connectivity index (χ3n) is 3.96. The molecule has 1 amide bonds. The average Bonchev–Trinajstić information content (AvgIpc) is 3.20. The molecule has 0 aliphatic heterocycles. The Morgan fingerprint density at radius 1 is 1.20 bits per heavy atom. The maximum atomic E-state index is 12.2. The van der Waals surface area contributed by atoms with Crippen LogP contribution in [-0.4, -0.2) is 27.8 Å². The number of hydrogen-bond acceptors (Lipinski definition) is 8. The minimum Gasteiger partial charge on any atom is -0.458 e. The lowest BCUT2D eigenvalue weighted by Gasteiger charge is -2.13. The summed E-state index contributed by atoms with van der Waals surface area (Å²) in [5, 5.41) is 18.9. The van der Waals surface area contributed by atoms with Gasteiger partial charge in [-0.15, -0.1) is 11.3 Å². The highest BCUT2D eigenvalue weighted by atomic mass is 32.1. The summed E-state index contributed by atoms with van der Waals surface area (Å²) in [5.74, 6) is -1.24. The number of benzene rings is 2. The zero-order chi connectivity index (χ0) is 21.5. The van der Waals surface area contributed by atoms with E-state index in [1.165, 1.54) is 36.5 Å². The number of esters is 1. The van der Waals surface area contributed by atoms with Gasteiger partial charge in [0.1, 0.15) is 12.6 Å². The first-order valence-corrected chi connectivity index (χ1v) is 9.79. The lowest BCUT2D eigenvalue weighted by Crippen LogP contribution is -2.39. The molecule has 0 aliphatic carbocycles. The highest BCUT2D eigenvalue weighted by Gasteiger charge is 2.20. The topological polar surface area (TPSA) is 123 Å². The number of carbonyl (C=O) groups is 2. The van der Waals surface area contributed by atoms with Crippen LogP contribution < -0.4 is 10.6 Å². The molecule has 2 N–H and O–H groups in total. The Morgan fingerprint density at radius 2 is 1.97 bits per heavy atom. The molecule has 10 heteroatoms. The van der Waals surface area contributed by atoms with Gasteiger partial charge in [-0.2, -0.15) is 0 Å². The molecule has 0 aliphatic rings. The predicted octanol–water partition coefficient (Wildman–Crippen LogP) is 3.66. The van der Waals surface area contributed by atoms with Gasteiger partial charge in [0.25, 0.3) is 11.6 Å². The number of para-hydroxylation sites is 1. The molecule has 9 nitrogen and oxygen atoms in total. The molecule has 30 heavy (non-hydrogen) atoms. The average molecular weight is 426 g/mol. The van der Waals surface area contributed by atoms with Gasteiger partial charge in [0.15, 0.2) is 5.13 Å². The number of nitro benzene ring substituents is 1. The van der Waals surface area contributed by atoms with Gasteiger partial charge < -0.3 is 15.4 Å². The Hall–Kier alpha value is -3.79. The number of anilines is 2. The molecule has 1 aromatic heterocycles. The number of nitrogens with zero attached hydrogens (tertiary/aromatic N) is 2. The van der Waals surface area contributed by atoms with Crippen molar-refractivity contribution < 1.29 is 19.2 Å². The van der Waals surface area contributed by atoms with Crippen molar-refractivity contribution >= 4 is 39.7 Å². The summed E-state index contributed by atoms with van der Waals surface area (Å²) in [6.45, 7) is 1.43. The van der Waals surface area contributed by atoms with Gasteiger partial charge in [-0.25, -0.2) is 9.78 Å². The molecule has 0 bridgehead atoms. The van der Waals surface area contributed by atoms with E-state index in [1.54, 1.807) is 5.38 Å². The van der Waals surface area contributed by atoms with Crippen LogP contribution in [0.1, 0.15) is 23.0 Å². The summed E-state index contributed by atoms with van der Waals surface area (Å²) in [5.41, 5.74) is 1.35. The molecular weight excluding hydrogens is 408 g/mol. The zero-order valence-corrected chi connectivity index (χ0v) is 16.7. The largest absolute Gasteiger partial charge is 0.458 e. The Balaban J connectivity index is 1.50. The second kappa shape index (κ2) is 9.61. The highest BCUT2D eigenvalue weighted by molar-refractivity contribution is 7.13. The van der Waals surface area contributed by atoms with Crippen molar-refractivity contribution in [1.29, 1.82) is 0 Å². The van der Waals surface area contributed by atoms with E-state index in [0.717, 1.165) is 11.8 Å². The fourth-order valence-corrected chi connectivity index (χ4v) is 3.16. The molecule has 1 atom stereocenters. The fraction of sp³-hybridized carbons (Fsp3) is 0.150. The van der Waals surface area contributed by atoms with E-state index < -0.39 is 22.8 Å². The molecular formula is C20H18N4O5S. The first kappa shape index (κ1) is 20.9. The smallest absolute Gasteiger partial charge is 0.328 e. The van der Waals surface area contributed by atoms with Crippen molar-refractivity contribution in [2.75, 3.05) is 5.32 Å². The normalized spacial score (nSPS) is 11.4. The Bertz CT molecular complexity index is 1050. The summed E-state index contributed by atoms with van der Waals surface area (Å²) < 4.78 is 5.21.